The second-order valence-corrected chi connectivity index (χ2v) is 8.18. The SMILES string of the molecule is CCn1c(CC(=O)Nc2ccc(C)c(C)c2)nnc1SCC(=O)Nc1nccs1. The number of thiazole rings is 1. The molecule has 0 aliphatic rings. The van der Waals surface area contributed by atoms with Crippen LogP contribution in [0.25, 0.3) is 0 Å². The number of hydrogen-bond acceptors (Lipinski definition) is 7. The number of carbonyl (C=O) groups is 2. The van der Waals surface area contributed by atoms with Gasteiger partial charge in [-0.15, -0.1) is 21.5 Å². The fraction of sp³-hybridized carbons (Fsp3) is 0.316. The Morgan fingerprint density at radius 1 is 1.14 bits per heavy atom. The molecule has 0 aliphatic heterocycles. The number of hydrogen-bond donors (Lipinski definition) is 2. The lowest BCUT2D eigenvalue weighted by atomic mass is 10.1. The molecule has 0 saturated heterocycles. The van der Waals surface area contributed by atoms with Crippen molar-refractivity contribution in [3.63, 3.8) is 0 Å². The zero-order valence-electron chi connectivity index (χ0n) is 16.4. The van der Waals surface area contributed by atoms with Crippen molar-refractivity contribution in [1.82, 2.24) is 19.7 Å². The topological polar surface area (TPSA) is 102 Å². The predicted molar refractivity (Wildman–Crippen MR) is 115 cm³/mol. The number of thioether (sulfide) groups is 1. The first-order valence-corrected chi connectivity index (χ1v) is 10.9. The molecule has 29 heavy (non-hydrogen) atoms. The molecule has 2 aromatic heterocycles. The monoisotopic (exact) mass is 430 g/mol. The van der Waals surface area contributed by atoms with Crippen molar-refractivity contribution in [2.45, 2.75) is 38.9 Å². The van der Waals surface area contributed by atoms with E-state index in [0.29, 0.717) is 22.7 Å². The van der Waals surface area contributed by atoms with Gasteiger partial charge in [0.1, 0.15) is 5.82 Å². The molecule has 0 aliphatic carbocycles. The summed E-state index contributed by atoms with van der Waals surface area (Å²) < 4.78 is 1.85. The molecule has 2 amide bonds. The molecular weight excluding hydrogens is 408 g/mol. The Morgan fingerprint density at radius 3 is 2.66 bits per heavy atom. The lowest BCUT2D eigenvalue weighted by Gasteiger charge is -2.09. The maximum atomic E-state index is 12.4. The summed E-state index contributed by atoms with van der Waals surface area (Å²) in [6, 6.07) is 5.80. The highest BCUT2D eigenvalue weighted by Crippen LogP contribution is 2.19. The van der Waals surface area contributed by atoms with E-state index in [1.165, 1.54) is 28.7 Å². The lowest BCUT2D eigenvalue weighted by molar-refractivity contribution is -0.116. The van der Waals surface area contributed by atoms with Gasteiger partial charge in [-0.05, 0) is 44.0 Å². The summed E-state index contributed by atoms with van der Waals surface area (Å²) in [4.78, 5) is 28.5. The van der Waals surface area contributed by atoms with Gasteiger partial charge in [-0.25, -0.2) is 4.98 Å². The van der Waals surface area contributed by atoms with E-state index in [-0.39, 0.29) is 24.0 Å². The van der Waals surface area contributed by atoms with E-state index < -0.39 is 0 Å². The van der Waals surface area contributed by atoms with Crippen LogP contribution in [0.1, 0.15) is 23.9 Å². The molecule has 3 rings (SSSR count). The summed E-state index contributed by atoms with van der Waals surface area (Å²) >= 11 is 2.64. The molecule has 0 unspecified atom stereocenters. The molecule has 0 saturated carbocycles. The zero-order valence-corrected chi connectivity index (χ0v) is 18.1. The molecule has 2 N–H and O–H groups in total. The van der Waals surface area contributed by atoms with Gasteiger partial charge < -0.3 is 15.2 Å². The molecule has 0 bridgehead atoms. The maximum absolute atomic E-state index is 12.4. The summed E-state index contributed by atoms with van der Waals surface area (Å²) in [6.45, 7) is 6.59. The quantitative estimate of drug-likeness (QED) is 0.532. The van der Waals surface area contributed by atoms with Crippen LogP contribution in [0.4, 0.5) is 10.8 Å². The molecule has 10 heteroatoms. The van der Waals surface area contributed by atoms with Crippen LogP contribution >= 0.6 is 23.1 Å². The van der Waals surface area contributed by atoms with Crippen LogP contribution in [-0.4, -0.2) is 37.3 Å². The van der Waals surface area contributed by atoms with Gasteiger partial charge in [-0.2, -0.15) is 0 Å². The Hall–Kier alpha value is -2.72. The summed E-state index contributed by atoms with van der Waals surface area (Å²) in [5.41, 5.74) is 3.05. The molecule has 3 aromatic rings. The van der Waals surface area contributed by atoms with Crippen molar-refractivity contribution in [2.75, 3.05) is 16.4 Å². The van der Waals surface area contributed by atoms with Crippen molar-refractivity contribution >= 4 is 45.7 Å². The highest BCUT2D eigenvalue weighted by atomic mass is 32.2. The Bertz CT molecular complexity index is 1000. The van der Waals surface area contributed by atoms with Crippen LogP contribution in [-0.2, 0) is 22.6 Å². The first-order valence-electron chi connectivity index (χ1n) is 9.07. The first kappa shape index (κ1) is 21.0. The highest BCUT2D eigenvalue weighted by molar-refractivity contribution is 7.99. The third-order valence-electron chi connectivity index (χ3n) is 4.23. The largest absolute Gasteiger partial charge is 0.326 e. The summed E-state index contributed by atoms with van der Waals surface area (Å²) in [6.07, 6.45) is 1.75. The van der Waals surface area contributed by atoms with Gasteiger partial charge in [-0.1, -0.05) is 17.8 Å². The molecule has 2 heterocycles. The smallest absolute Gasteiger partial charge is 0.236 e. The third-order valence-corrected chi connectivity index (χ3v) is 5.89. The minimum absolute atomic E-state index is 0.111. The average molecular weight is 431 g/mol. The number of nitrogens with one attached hydrogen (secondary N) is 2. The van der Waals surface area contributed by atoms with Gasteiger partial charge in [0.15, 0.2) is 10.3 Å². The van der Waals surface area contributed by atoms with E-state index in [2.05, 4.69) is 25.8 Å². The molecule has 152 valence electrons. The van der Waals surface area contributed by atoms with Gasteiger partial charge in [0.05, 0.1) is 12.2 Å². The van der Waals surface area contributed by atoms with Crippen LogP contribution in [0.5, 0.6) is 0 Å². The number of aromatic nitrogens is 4. The summed E-state index contributed by atoms with van der Waals surface area (Å²) in [7, 11) is 0. The van der Waals surface area contributed by atoms with Crippen LogP contribution in [0.15, 0.2) is 34.9 Å². The number of benzene rings is 1. The van der Waals surface area contributed by atoms with Gasteiger partial charge in [0.2, 0.25) is 11.8 Å². The van der Waals surface area contributed by atoms with E-state index in [0.717, 1.165) is 11.3 Å². The number of anilines is 2. The highest BCUT2D eigenvalue weighted by Gasteiger charge is 2.16. The third kappa shape index (κ3) is 5.64. The van der Waals surface area contributed by atoms with E-state index in [4.69, 9.17) is 0 Å². The average Bonchev–Trinajstić information content (AvgIpc) is 3.32. The second kappa shape index (κ2) is 9.66. The molecule has 0 radical (unpaired) electrons. The van der Waals surface area contributed by atoms with Crippen molar-refractivity contribution in [1.29, 1.82) is 0 Å². The summed E-state index contributed by atoms with van der Waals surface area (Å²) in [5, 5.41) is 16.9. The number of rotatable bonds is 8. The van der Waals surface area contributed by atoms with E-state index in [1.54, 1.807) is 11.6 Å². The minimum atomic E-state index is -0.162. The van der Waals surface area contributed by atoms with Crippen LogP contribution in [0, 0.1) is 13.8 Å². The standard InChI is InChI=1S/C19H22N6O2S2/c1-4-25-15(10-16(26)21-14-6-5-12(2)13(3)9-14)23-24-19(25)29-11-17(27)22-18-20-7-8-28-18/h5-9H,4,10-11H2,1-3H3,(H,21,26)(H,20,22,27). The summed E-state index contributed by atoms with van der Waals surface area (Å²) in [5.74, 6) is 0.432. The van der Waals surface area contributed by atoms with Gasteiger partial charge in [0, 0.05) is 23.8 Å². The number of nitrogens with zero attached hydrogens (tertiary/aromatic N) is 4. The maximum Gasteiger partial charge on any atom is 0.236 e. The zero-order chi connectivity index (χ0) is 20.8. The van der Waals surface area contributed by atoms with Crippen LogP contribution < -0.4 is 10.6 Å². The Morgan fingerprint density at radius 2 is 1.97 bits per heavy atom. The molecule has 0 atom stereocenters. The van der Waals surface area contributed by atoms with Gasteiger partial charge in [-0.3, -0.25) is 9.59 Å². The normalized spacial score (nSPS) is 10.7. The van der Waals surface area contributed by atoms with E-state index in [1.807, 2.05) is 43.5 Å². The lowest BCUT2D eigenvalue weighted by Crippen LogP contribution is -2.18. The number of carbonyl (C=O) groups excluding carboxylic acids is 2. The van der Waals surface area contributed by atoms with Gasteiger partial charge in [0.25, 0.3) is 0 Å². The first-order chi connectivity index (χ1) is 14.0. The number of aryl methyl sites for hydroxylation is 2. The molecule has 0 fully saturated rings. The van der Waals surface area contributed by atoms with E-state index >= 15 is 0 Å². The minimum Gasteiger partial charge on any atom is -0.326 e. The van der Waals surface area contributed by atoms with Crippen molar-refractivity contribution in [3.05, 3.63) is 46.7 Å². The molecular formula is C19H22N6O2S2. The Labute approximate surface area is 177 Å². The molecule has 1 aromatic carbocycles. The molecule has 8 nitrogen and oxygen atoms in total. The van der Waals surface area contributed by atoms with Crippen LogP contribution in [0.2, 0.25) is 0 Å². The van der Waals surface area contributed by atoms with E-state index in [9.17, 15) is 9.59 Å². The van der Waals surface area contributed by atoms with Gasteiger partial charge >= 0.3 is 0 Å². The Balaban J connectivity index is 1.58. The second-order valence-electron chi connectivity index (χ2n) is 6.34. The number of amides is 2. The van der Waals surface area contributed by atoms with Crippen molar-refractivity contribution in [3.8, 4) is 0 Å². The fourth-order valence-electron chi connectivity index (χ4n) is 2.61. The molecule has 0 spiro atoms. The Kier molecular flexibility index (Phi) is 6.99. The van der Waals surface area contributed by atoms with Crippen molar-refractivity contribution in [2.24, 2.45) is 0 Å². The fourth-order valence-corrected chi connectivity index (χ4v) is 3.98. The van der Waals surface area contributed by atoms with Crippen molar-refractivity contribution < 1.29 is 9.59 Å². The predicted octanol–water partition coefficient (Wildman–Crippen LogP) is 3.28. The van der Waals surface area contributed by atoms with Crippen LogP contribution in [0.3, 0.4) is 0 Å².